The summed E-state index contributed by atoms with van der Waals surface area (Å²) in [5.41, 5.74) is 3.10. The predicted octanol–water partition coefficient (Wildman–Crippen LogP) is 4.87. The number of benzene rings is 2. The number of alkyl halides is 1. The van der Waals surface area contributed by atoms with Crippen molar-refractivity contribution in [2.45, 2.75) is 19.5 Å². The fraction of sp³-hybridized carbons (Fsp3) is 0.263. The molecule has 0 bridgehead atoms. The molecule has 2 aromatic carbocycles. The Bertz CT molecular complexity index is 948. The van der Waals surface area contributed by atoms with Gasteiger partial charge in [-0.15, -0.1) is 0 Å². The Morgan fingerprint density at radius 3 is 2.54 bits per heavy atom. The van der Waals surface area contributed by atoms with Crippen LogP contribution in [0.2, 0.25) is 0 Å². The molecule has 0 atom stereocenters. The van der Waals surface area contributed by atoms with Crippen LogP contribution in [0.3, 0.4) is 0 Å². The van der Waals surface area contributed by atoms with Crippen molar-refractivity contribution >= 4 is 26.8 Å². The predicted molar refractivity (Wildman–Crippen MR) is 95.8 cm³/mol. The maximum atomic E-state index is 14.6. The lowest BCUT2D eigenvalue weighted by molar-refractivity contribution is -0.135. The molecule has 1 aliphatic heterocycles. The molecule has 0 saturated carbocycles. The maximum absolute atomic E-state index is 14.6. The molecule has 1 fully saturated rings. The average molecular weight is 387 g/mol. The van der Waals surface area contributed by atoms with E-state index in [1.165, 1.54) is 0 Å². The molecule has 0 amide bonds. The van der Waals surface area contributed by atoms with Crippen molar-refractivity contribution in [3.05, 3.63) is 57.8 Å². The lowest BCUT2D eigenvalue weighted by atomic mass is 9.90. The van der Waals surface area contributed by atoms with E-state index in [0.29, 0.717) is 11.4 Å². The highest BCUT2D eigenvalue weighted by Crippen LogP contribution is 2.37. The molecule has 0 N–H and O–H groups in total. The molecule has 24 heavy (non-hydrogen) atoms. The van der Waals surface area contributed by atoms with E-state index >= 15 is 0 Å². The summed E-state index contributed by atoms with van der Waals surface area (Å²) in [5, 5.41) is 0.988. The lowest BCUT2D eigenvalue weighted by Crippen LogP contribution is -2.42. The quantitative estimate of drug-likeness (QED) is 0.629. The van der Waals surface area contributed by atoms with E-state index in [2.05, 4.69) is 25.9 Å². The van der Waals surface area contributed by atoms with Gasteiger partial charge in [-0.3, -0.25) is 0 Å². The molecule has 1 aromatic heterocycles. The molecule has 3 aromatic rings. The molecule has 122 valence electrons. The lowest BCUT2D eigenvalue weighted by Gasteiger charge is -2.34. The summed E-state index contributed by atoms with van der Waals surface area (Å²) in [6, 6.07) is 11.7. The third-order valence-corrected chi connectivity index (χ3v) is 4.92. The van der Waals surface area contributed by atoms with E-state index in [1.54, 1.807) is 0 Å². The van der Waals surface area contributed by atoms with Crippen LogP contribution in [0.15, 0.2) is 40.9 Å². The Kier molecular flexibility index (Phi) is 3.66. The molecule has 1 saturated heterocycles. The highest BCUT2D eigenvalue weighted by Gasteiger charge is 2.40. The Hall–Kier alpha value is -1.85. The minimum atomic E-state index is -1.35. The summed E-state index contributed by atoms with van der Waals surface area (Å²) in [6.07, 6.45) is 0. The SMILES string of the molecule is Cc1nc(-c2ccc(C3(F)COC3)cc2C)c2ccc(Br)cc2n1. The van der Waals surface area contributed by atoms with E-state index in [-0.39, 0.29) is 13.2 Å². The van der Waals surface area contributed by atoms with Gasteiger partial charge in [-0.05, 0) is 43.2 Å². The third kappa shape index (κ3) is 2.52. The van der Waals surface area contributed by atoms with Gasteiger partial charge in [-0.2, -0.15) is 0 Å². The fourth-order valence-electron chi connectivity index (χ4n) is 3.08. The molecule has 2 heterocycles. The second-order valence-electron chi connectivity index (χ2n) is 6.27. The van der Waals surface area contributed by atoms with E-state index in [0.717, 1.165) is 32.2 Å². The van der Waals surface area contributed by atoms with Crippen LogP contribution in [0.4, 0.5) is 4.39 Å². The number of fused-ring (bicyclic) bond motifs is 1. The van der Waals surface area contributed by atoms with Crippen molar-refractivity contribution in [1.29, 1.82) is 0 Å². The molecule has 5 heteroatoms. The minimum Gasteiger partial charge on any atom is -0.374 e. The van der Waals surface area contributed by atoms with Gasteiger partial charge in [0.2, 0.25) is 0 Å². The van der Waals surface area contributed by atoms with Gasteiger partial charge in [-0.1, -0.05) is 34.1 Å². The number of hydrogen-bond donors (Lipinski definition) is 0. The molecule has 0 aliphatic carbocycles. The normalized spacial score (nSPS) is 16.2. The summed E-state index contributed by atoms with van der Waals surface area (Å²) in [7, 11) is 0. The zero-order valence-corrected chi connectivity index (χ0v) is 15.0. The molecular formula is C19H16BrFN2O. The van der Waals surface area contributed by atoms with Crippen LogP contribution in [-0.2, 0) is 10.4 Å². The average Bonchev–Trinajstić information content (AvgIpc) is 2.51. The van der Waals surface area contributed by atoms with Crippen LogP contribution in [0, 0.1) is 13.8 Å². The van der Waals surface area contributed by atoms with Crippen molar-refractivity contribution in [3.8, 4) is 11.3 Å². The molecule has 1 aliphatic rings. The van der Waals surface area contributed by atoms with Crippen molar-refractivity contribution in [3.63, 3.8) is 0 Å². The summed E-state index contributed by atoms with van der Waals surface area (Å²) >= 11 is 3.48. The highest BCUT2D eigenvalue weighted by molar-refractivity contribution is 9.10. The van der Waals surface area contributed by atoms with Crippen molar-refractivity contribution in [1.82, 2.24) is 9.97 Å². The van der Waals surface area contributed by atoms with Gasteiger partial charge in [0.15, 0.2) is 5.67 Å². The minimum absolute atomic E-state index is 0.134. The molecule has 3 nitrogen and oxygen atoms in total. The molecular weight excluding hydrogens is 371 g/mol. The second-order valence-corrected chi connectivity index (χ2v) is 7.18. The summed E-state index contributed by atoms with van der Waals surface area (Å²) in [6.45, 7) is 4.14. The number of hydrogen-bond acceptors (Lipinski definition) is 3. The molecule has 0 spiro atoms. The van der Waals surface area contributed by atoms with Crippen molar-refractivity contribution in [2.75, 3.05) is 13.2 Å². The first-order valence-electron chi connectivity index (χ1n) is 7.78. The Morgan fingerprint density at radius 1 is 1.08 bits per heavy atom. The fourth-order valence-corrected chi connectivity index (χ4v) is 3.43. The summed E-state index contributed by atoms with van der Waals surface area (Å²) < 4.78 is 20.6. The molecule has 0 radical (unpaired) electrons. The Labute approximate surface area is 148 Å². The van der Waals surface area contributed by atoms with Crippen LogP contribution in [0.1, 0.15) is 17.0 Å². The van der Waals surface area contributed by atoms with Crippen LogP contribution >= 0.6 is 15.9 Å². The van der Waals surface area contributed by atoms with Crippen LogP contribution in [0.5, 0.6) is 0 Å². The molecule has 4 rings (SSSR count). The van der Waals surface area contributed by atoms with E-state index in [1.807, 2.05) is 50.2 Å². The molecule has 0 unspecified atom stereocenters. The Morgan fingerprint density at radius 2 is 1.88 bits per heavy atom. The summed E-state index contributed by atoms with van der Waals surface area (Å²) in [5.74, 6) is 0.716. The van der Waals surface area contributed by atoms with Gasteiger partial charge in [0, 0.05) is 15.4 Å². The number of nitrogens with zero attached hydrogens (tertiary/aromatic N) is 2. The standard InChI is InChI=1S/C19H16BrFN2O/c1-11-7-13(19(21)9-24-10-19)3-5-15(11)18-16-6-4-14(20)8-17(16)22-12(2)23-18/h3-8H,9-10H2,1-2H3. The van der Waals surface area contributed by atoms with E-state index < -0.39 is 5.67 Å². The van der Waals surface area contributed by atoms with Gasteiger partial charge in [0.1, 0.15) is 5.82 Å². The van der Waals surface area contributed by atoms with E-state index in [9.17, 15) is 4.39 Å². The Balaban J connectivity index is 1.88. The van der Waals surface area contributed by atoms with Gasteiger partial charge in [0.25, 0.3) is 0 Å². The number of ether oxygens (including phenoxy) is 1. The monoisotopic (exact) mass is 386 g/mol. The topological polar surface area (TPSA) is 35.0 Å². The number of halogens is 2. The van der Waals surface area contributed by atoms with Crippen LogP contribution in [0.25, 0.3) is 22.2 Å². The number of aryl methyl sites for hydroxylation is 2. The maximum Gasteiger partial charge on any atom is 0.182 e. The van der Waals surface area contributed by atoms with Gasteiger partial charge >= 0.3 is 0 Å². The second kappa shape index (κ2) is 5.60. The zero-order chi connectivity index (χ0) is 16.9. The number of aromatic nitrogens is 2. The van der Waals surface area contributed by atoms with E-state index in [4.69, 9.17) is 4.74 Å². The van der Waals surface area contributed by atoms with Crippen molar-refractivity contribution in [2.24, 2.45) is 0 Å². The highest BCUT2D eigenvalue weighted by atomic mass is 79.9. The zero-order valence-electron chi connectivity index (χ0n) is 13.4. The first kappa shape index (κ1) is 15.7. The smallest absolute Gasteiger partial charge is 0.182 e. The van der Waals surface area contributed by atoms with Gasteiger partial charge < -0.3 is 4.74 Å². The van der Waals surface area contributed by atoms with Crippen LogP contribution < -0.4 is 0 Å². The number of rotatable bonds is 2. The van der Waals surface area contributed by atoms with Gasteiger partial charge in [-0.25, -0.2) is 14.4 Å². The third-order valence-electron chi connectivity index (χ3n) is 4.43. The van der Waals surface area contributed by atoms with Gasteiger partial charge in [0.05, 0.1) is 24.4 Å². The first-order valence-corrected chi connectivity index (χ1v) is 8.58. The van der Waals surface area contributed by atoms with Crippen molar-refractivity contribution < 1.29 is 9.13 Å². The summed E-state index contributed by atoms with van der Waals surface area (Å²) in [4.78, 5) is 9.16. The largest absolute Gasteiger partial charge is 0.374 e. The van der Waals surface area contributed by atoms with Crippen LogP contribution in [-0.4, -0.2) is 23.2 Å². The first-order chi connectivity index (χ1) is 11.5.